The monoisotopic (exact) mass is 299 g/mol. The highest BCUT2D eigenvalue weighted by atomic mass is 32.1. The number of nitrogens with two attached hydrogens (primary N) is 1. The second-order valence-corrected chi connectivity index (χ2v) is 5.29. The fourth-order valence-electron chi connectivity index (χ4n) is 2.09. The minimum absolute atomic E-state index is 0.0873. The lowest BCUT2D eigenvalue weighted by Crippen LogP contribution is -2.28. The number of rotatable bonds is 4. The quantitative estimate of drug-likeness (QED) is 0.851. The van der Waals surface area contributed by atoms with Crippen LogP contribution in [0.4, 0.5) is 0 Å². The maximum atomic E-state index is 12.2. The molecule has 0 aliphatic rings. The Morgan fingerprint density at radius 2 is 2.00 bits per heavy atom. The summed E-state index contributed by atoms with van der Waals surface area (Å²) in [5.74, 6) is -0.222. The van der Waals surface area contributed by atoms with Crippen molar-refractivity contribution < 1.29 is 4.79 Å². The number of benzene rings is 1. The van der Waals surface area contributed by atoms with Crippen molar-refractivity contribution >= 4 is 23.1 Å². The van der Waals surface area contributed by atoms with E-state index in [1.54, 1.807) is 12.1 Å². The van der Waals surface area contributed by atoms with Crippen molar-refractivity contribution in [1.82, 2.24) is 10.3 Å². The van der Waals surface area contributed by atoms with Crippen molar-refractivity contribution in [3.8, 4) is 0 Å². The Bertz CT molecular complexity index is 667. The molecule has 0 radical (unpaired) electrons. The van der Waals surface area contributed by atoms with E-state index in [0.717, 1.165) is 11.1 Å². The number of carbonyl (C=O) groups is 1. The summed E-state index contributed by atoms with van der Waals surface area (Å²) in [6.07, 6.45) is 1.51. The first-order valence-electron chi connectivity index (χ1n) is 6.61. The molecule has 21 heavy (non-hydrogen) atoms. The van der Waals surface area contributed by atoms with Gasteiger partial charge in [0.25, 0.3) is 5.91 Å². The Balaban J connectivity index is 2.11. The van der Waals surface area contributed by atoms with Crippen LogP contribution >= 0.6 is 12.2 Å². The van der Waals surface area contributed by atoms with Gasteiger partial charge in [-0.15, -0.1) is 0 Å². The predicted octanol–water partition coefficient (Wildman–Crippen LogP) is 2.52. The van der Waals surface area contributed by atoms with Gasteiger partial charge in [0, 0.05) is 11.8 Å². The Morgan fingerprint density at radius 1 is 1.29 bits per heavy atom. The molecule has 3 N–H and O–H groups in total. The van der Waals surface area contributed by atoms with Gasteiger partial charge in [0.05, 0.1) is 6.04 Å². The molecule has 2 rings (SSSR count). The number of thiocarbonyl (C=S) groups is 1. The van der Waals surface area contributed by atoms with Gasteiger partial charge in [-0.3, -0.25) is 9.78 Å². The molecule has 0 saturated heterocycles. The van der Waals surface area contributed by atoms with E-state index >= 15 is 0 Å². The summed E-state index contributed by atoms with van der Waals surface area (Å²) in [4.78, 5) is 16.5. The molecule has 108 valence electrons. The number of hydrogen-bond donors (Lipinski definition) is 2. The number of aromatic nitrogens is 1. The van der Waals surface area contributed by atoms with Crippen LogP contribution in [-0.2, 0) is 0 Å². The largest absolute Gasteiger partial charge is 0.389 e. The summed E-state index contributed by atoms with van der Waals surface area (Å²) in [7, 11) is 0. The zero-order chi connectivity index (χ0) is 15.4. The fraction of sp³-hybridized carbons (Fsp3) is 0.188. The van der Waals surface area contributed by atoms with Crippen LogP contribution in [0.15, 0.2) is 42.6 Å². The smallest absolute Gasteiger partial charge is 0.270 e. The lowest BCUT2D eigenvalue weighted by molar-refractivity contribution is 0.0935. The first-order valence-corrected chi connectivity index (χ1v) is 7.02. The lowest BCUT2D eigenvalue weighted by Gasteiger charge is -2.16. The summed E-state index contributed by atoms with van der Waals surface area (Å²) in [5.41, 5.74) is 8.72. The zero-order valence-electron chi connectivity index (χ0n) is 12.0. The molecule has 1 unspecified atom stereocenters. The van der Waals surface area contributed by atoms with E-state index in [2.05, 4.69) is 10.3 Å². The van der Waals surface area contributed by atoms with Crippen molar-refractivity contribution in [3.05, 3.63) is 65.0 Å². The van der Waals surface area contributed by atoms with Gasteiger partial charge >= 0.3 is 0 Å². The second kappa shape index (κ2) is 6.45. The molecule has 1 aromatic heterocycles. The minimum Gasteiger partial charge on any atom is -0.389 e. The maximum Gasteiger partial charge on any atom is 0.270 e. The molecule has 4 nitrogen and oxygen atoms in total. The van der Waals surface area contributed by atoms with Crippen molar-refractivity contribution in [2.45, 2.75) is 19.9 Å². The number of nitrogens with zero attached hydrogens (tertiary/aromatic N) is 1. The van der Waals surface area contributed by atoms with Gasteiger partial charge in [-0.25, -0.2) is 0 Å². The van der Waals surface area contributed by atoms with Crippen molar-refractivity contribution in [2.75, 3.05) is 0 Å². The van der Waals surface area contributed by atoms with Crippen LogP contribution < -0.4 is 11.1 Å². The van der Waals surface area contributed by atoms with Gasteiger partial charge in [0.15, 0.2) is 0 Å². The number of hydrogen-bond acceptors (Lipinski definition) is 3. The van der Waals surface area contributed by atoms with Gasteiger partial charge in [-0.05, 0) is 37.1 Å². The molecule has 0 bridgehead atoms. The molecular formula is C16H17N3OS. The predicted molar refractivity (Wildman–Crippen MR) is 87.2 cm³/mol. The number of amides is 1. The summed E-state index contributed by atoms with van der Waals surface area (Å²) in [6.45, 7) is 3.97. The number of nitrogens with one attached hydrogen (secondary N) is 1. The number of pyridine rings is 1. The first-order chi connectivity index (χ1) is 9.99. The van der Waals surface area contributed by atoms with Crippen molar-refractivity contribution in [3.63, 3.8) is 0 Å². The molecule has 1 aromatic carbocycles. The van der Waals surface area contributed by atoms with E-state index in [4.69, 9.17) is 18.0 Å². The van der Waals surface area contributed by atoms with Gasteiger partial charge in [-0.1, -0.05) is 36.5 Å². The average molecular weight is 299 g/mol. The molecule has 0 saturated carbocycles. The van der Waals surface area contributed by atoms with Crippen LogP contribution in [0, 0.1) is 6.92 Å². The summed E-state index contributed by atoms with van der Waals surface area (Å²) >= 11 is 4.86. The normalized spacial score (nSPS) is 11.7. The average Bonchev–Trinajstić information content (AvgIpc) is 2.47. The fourth-order valence-corrected chi connectivity index (χ4v) is 2.22. The van der Waals surface area contributed by atoms with Gasteiger partial charge in [0.2, 0.25) is 0 Å². The Hall–Kier alpha value is -2.27. The first kappa shape index (κ1) is 15.1. The molecule has 0 aliphatic heterocycles. The van der Waals surface area contributed by atoms with Crippen LogP contribution in [0.5, 0.6) is 0 Å². The highest BCUT2D eigenvalue weighted by molar-refractivity contribution is 7.80. The number of carbonyl (C=O) groups excluding carboxylic acids is 1. The molecule has 1 atom stereocenters. The molecule has 0 spiro atoms. The molecule has 5 heteroatoms. The van der Waals surface area contributed by atoms with E-state index in [0.29, 0.717) is 11.3 Å². The zero-order valence-corrected chi connectivity index (χ0v) is 12.8. The third-order valence-corrected chi connectivity index (χ3v) is 3.52. The molecule has 1 amide bonds. The molecule has 2 aromatic rings. The molecular weight excluding hydrogens is 282 g/mol. The minimum atomic E-state index is -0.222. The number of aryl methyl sites for hydroxylation is 1. The van der Waals surface area contributed by atoms with E-state index in [9.17, 15) is 4.79 Å². The van der Waals surface area contributed by atoms with Crippen molar-refractivity contribution in [2.24, 2.45) is 5.73 Å². The Labute approximate surface area is 129 Å². The summed E-state index contributed by atoms with van der Waals surface area (Å²) in [6, 6.07) is 11.2. The van der Waals surface area contributed by atoms with Gasteiger partial charge in [0.1, 0.15) is 10.7 Å². The molecule has 0 fully saturated rings. The highest BCUT2D eigenvalue weighted by Gasteiger charge is 2.13. The third-order valence-electron chi connectivity index (χ3n) is 3.28. The molecule has 0 aliphatic carbocycles. The van der Waals surface area contributed by atoms with E-state index in [-0.39, 0.29) is 16.9 Å². The standard InChI is InChI=1S/C16H17N3OS/c1-10-5-3-4-6-13(10)11(2)19-16(20)14-8-7-12(9-18-14)15(17)21/h3-9,11H,1-2H3,(H2,17,21)(H,19,20). The second-order valence-electron chi connectivity index (χ2n) is 4.85. The van der Waals surface area contributed by atoms with Crippen LogP contribution in [-0.4, -0.2) is 15.9 Å². The highest BCUT2D eigenvalue weighted by Crippen LogP contribution is 2.17. The topological polar surface area (TPSA) is 68.0 Å². The third kappa shape index (κ3) is 3.64. The summed E-state index contributed by atoms with van der Waals surface area (Å²) in [5, 5.41) is 2.94. The van der Waals surface area contributed by atoms with Crippen LogP contribution in [0.2, 0.25) is 0 Å². The van der Waals surface area contributed by atoms with Gasteiger partial charge < -0.3 is 11.1 Å². The maximum absolute atomic E-state index is 12.2. The van der Waals surface area contributed by atoms with Gasteiger partial charge in [-0.2, -0.15) is 0 Å². The van der Waals surface area contributed by atoms with Crippen LogP contribution in [0.1, 0.15) is 40.1 Å². The van der Waals surface area contributed by atoms with E-state index < -0.39 is 0 Å². The SMILES string of the molecule is Cc1ccccc1C(C)NC(=O)c1ccc(C(N)=S)cn1. The molecule has 1 heterocycles. The Morgan fingerprint density at radius 3 is 2.57 bits per heavy atom. The lowest BCUT2D eigenvalue weighted by atomic mass is 10.0. The summed E-state index contributed by atoms with van der Waals surface area (Å²) < 4.78 is 0. The Kier molecular flexibility index (Phi) is 4.65. The van der Waals surface area contributed by atoms with E-state index in [1.807, 2.05) is 38.1 Å². The van der Waals surface area contributed by atoms with Crippen molar-refractivity contribution in [1.29, 1.82) is 0 Å². The van der Waals surface area contributed by atoms with E-state index in [1.165, 1.54) is 6.20 Å². The van der Waals surface area contributed by atoms with Crippen LogP contribution in [0.3, 0.4) is 0 Å². The van der Waals surface area contributed by atoms with Crippen LogP contribution in [0.25, 0.3) is 0 Å².